The van der Waals surface area contributed by atoms with Gasteiger partial charge in [-0.1, -0.05) is 17.2 Å². The molecule has 8 nitrogen and oxygen atoms in total. The van der Waals surface area contributed by atoms with Crippen molar-refractivity contribution in [2.24, 2.45) is 0 Å². The molecule has 152 valence electrons. The molecule has 1 aromatic heterocycles. The molecule has 1 amide bonds. The first-order valence-electron chi connectivity index (χ1n) is 8.90. The van der Waals surface area contributed by atoms with E-state index in [1.54, 1.807) is 36.4 Å². The number of amides is 1. The first-order chi connectivity index (χ1) is 13.7. The third kappa shape index (κ3) is 5.64. The fraction of sp³-hybridized carbons (Fsp3) is 0.250. The molecule has 0 saturated carbocycles. The topological polar surface area (TPSA) is 111 Å². The van der Waals surface area contributed by atoms with Crippen LogP contribution in [0, 0.1) is 0 Å². The highest BCUT2D eigenvalue weighted by Crippen LogP contribution is 2.17. The van der Waals surface area contributed by atoms with Crippen molar-refractivity contribution in [2.45, 2.75) is 31.3 Å². The predicted molar refractivity (Wildman–Crippen MR) is 107 cm³/mol. The number of hydrogen-bond donors (Lipinski definition) is 1. The number of anilines is 1. The number of aromatic nitrogens is 2. The summed E-state index contributed by atoms with van der Waals surface area (Å²) >= 11 is 0. The van der Waals surface area contributed by atoms with Gasteiger partial charge in [0.05, 0.1) is 17.4 Å². The molecule has 29 heavy (non-hydrogen) atoms. The number of carbonyl (C=O) groups is 1. The number of nitrogens with zero attached hydrogens (tertiary/aromatic N) is 2. The fourth-order valence-electron chi connectivity index (χ4n) is 2.53. The summed E-state index contributed by atoms with van der Waals surface area (Å²) in [6.07, 6.45) is 1.52. The Bertz CT molecular complexity index is 1090. The number of ether oxygens (including phenoxy) is 1. The molecule has 0 unspecified atom stereocenters. The number of carbonyl (C=O) groups excluding carboxylic acids is 1. The summed E-state index contributed by atoms with van der Waals surface area (Å²) in [5, 5.41) is 10.3. The maximum absolute atomic E-state index is 12.3. The van der Waals surface area contributed by atoms with Crippen molar-refractivity contribution in [3.63, 3.8) is 0 Å². The molecule has 2 aromatic carbocycles. The van der Waals surface area contributed by atoms with E-state index in [1.807, 2.05) is 13.8 Å². The lowest BCUT2D eigenvalue weighted by Gasteiger charge is -2.09. The van der Waals surface area contributed by atoms with E-state index in [0.29, 0.717) is 23.6 Å². The zero-order chi connectivity index (χ0) is 21.0. The molecular weight excluding hydrogens is 394 g/mol. The van der Waals surface area contributed by atoms with Crippen molar-refractivity contribution in [2.75, 3.05) is 11.6 Å². The second-order valence-electron chi connectivity index (χ2n) is 6.74. The van der Waals surface area contributed by atoms with Crippen LogP contribution in [0.5, 0.6) is 5.75 Å². The van der Waals surface area contributed by atoms with Crippen molar-refractivity contribution >= 4 is 21.8 Å². The van der Waals surface area contributed by atoms with Gasteiger partial charge in [-0.05, 0) is 55.8 Å². The van der Waals surface area contributed by atoms with Crippen LogP contribution in [-0.2, 0) is 16.3 Å². The minimum Gasteiger partial charge on any atom is -0.491 e. The molecule has 0 bridgehead atoms. The zero-order valence-electron chi connectivity index (χ0n) is 16.2. The molecular formula is C20H21N3O5S. The van der Waals surface area contributed by atoms with E-state index < -0.39 is 9.84 Å². The van der Waals surface area contributed by atoms with Crippen molar-refractivity contribution in [1.82, 2.24) is 10.2 Å². The lowest BCUT2D eigenvalue weighted by molar-refractivity contribution is 0.102. The lowest BCUT2D eigenvalue weighted by Crippen LogP contribution is -2.12. The fourth-order valence-corrected chi connectivity index (χ4v) is 3.16. The number of rotatable bonds is 7. The van der Waals surface area contributed by atoms with E-state index in [0.717, 1.165) is 11.8 Å². The van der Waals surface area contributed by atoms with E-state index in [2.05, 4.69) is 15.5 Å². The Morgan fingerprint density at radius 3 is 2.31 bits per heavy atom. The standard InChI is InChI=1S/C20H21N3O5S/c1-13(2)27-16-8-6-15(7-9-16)19(24)21-20-23-22-18(28-20)12-14-4-10-17(11-5-14)29(3,25)26/h4-11,13H,12H2,1-3H3,(H,21,23,24). The molecule has 1 N–H and O–H groups in total. The smallest absolute Gasteiger partial charge is 0.322 e. The van der Waals surface area contributed by atoms with Crippen LogP contribution in [0.15, 0.2) is 57.8 Å². The molecule has 0 saturated heterocycles. The average molecular weight is 415 g/mol. The summed E-state index contributed by atoms with van der Waals surface area (Å²) < 4.78 is 34.0. The average Bonchev–Trinajstić information content (AvgIpc) is 3.08. The first kappa shape index (κ1) is 20.5. The normalized spacial score (nSPS) is 11.4. The molecule has 0 spiro atoms. The van der Waals surface area contributed by atoms with Gasteiger partial charge in [0.25, 0.3) is 5.91 Å². The van der Waals surface area contributed by atoms with Crippen molar-refractivity contribution < 1.29 is 22.4 Å². The molecule has 0 aliphatic rings. The van der Waals surface area contributed by atoms with Crippen LogP contribution in [0.4, 0.5) is 6.01 Å². The molecule has 3 rings (SSSR count). The van der Waals surface area contributed by atoms with Crippen LogP contribution < -0.4 is 10.1 Å². The van der Waals surface area contributed by atoms with Gasteiger partial charge in [-0.25, -0.2) is 8.42 Å². The molecule has 0 aliphatic carbocycles. The highest BCUT2D eigenvalue weighted by Gasteiger charge is 2.13. The summed E-state index contributed by atoms with van der Waals surface area (Å²) in [5.74, 6) is 0.598. The van der Waals surface area contributed by atoms with E-state index in [4.69, 9.17) is 9.15 Å². The van der Waals surface area contributed by atoms with Crippen molar-refractivity contribution in [3.8, 4) is 5.75 Å². The van der Waals surface area contributed by atoms with Crippen LogP contribution in [-0.4, -0.2) is 36.9 Å². The molecule has 1 heterocycles. The predicted octanol–water partition coefficient (Wildman–Crippen LogP) is 3.10. The van der Waals surface area contributed by atoms with Crippen LogP contribution in [0.1, 0.15) is 35.7 Å². The zero-order valence-corrected chi connectivity index (χ0v) is 17.1. The Morgan fingerprint density at radius 1 is 1.07 bits per heavy atom. The maximum Gasteiger partial charge on any atom is 0.322 e. The molecule has 0 atom stereocenters. The summed E-state index contributed by atoms with van der Waals surface area (Å²) in [6.45, 7) is 3.85. The Balaban J connectivity index is 1.62. The molecule has 0 aliphatic heterocycles. The van der Waals surface area contributed by atoms with Gasteiger partial charge in [0.15, 0.2) is 9.84 Å². The van der Waals surface area contributed by atoms with Crippen LogP contribution >= 0.6 is 0 Å². The quantitative estimate of drug-likeness (QED) is 0.631. The first-order valence-corrected chi connectivity index (χ1v) is 10.8. The number of sulfone groups is 1. The van der Waals surface area contributed by atoms with Crippen molar-refractivity contribution in [3.05, 3.63) is 65.5 Å². The minimum absolute atomic E-state index is 0.0136. The third-order valence-electron chi connectivity index (χ3n) is 3.88. The van der Waals surface area contributed by atoms with Crippen LogP contribution in [0.25, 0.3) is 0 Å². The van der Waals surface area contributed by atoms with Gasteiger partial charge in [-0.2, -0.15) is 0 Å². The van der Waals surface area contributed by atoms with E-state index >= 15 is 0 Å². The van der Waals surface area contributed by atoms with E-state index in [1.165, 1.54) is 12.1 Å². The van der Waals surface area contributed by atoms with Gasteiger partial charge < -0.3 is 9.15 Å². The monoisotopic (exact) mass is 415 g/mol. The molecule has 3 aromatic rings. The number of nitrogens with one attached hydrogen (secondary N) is 1. The van der Waals surface area contributed by atoms with E-state index in [-0.39, 0.29) is 22.9 Å². The van der Waals surface area contributed by atoms with Gasteiger partial charge in [-0.15, -0.1) is 5.10 Å². The largest absolute Gasteiger partial charge is 0.491 e. The Morgan fingerprint density at radius 2 is 1.72 bits per heavy atom. The van der Waals surface area contributed by atoms with Gasteiger partial charge in [0.1, 0.15) is 5.75 Å². The lowest BCUT2D eigenvalue weighted by atomic mass is 10.1. The molecule has 0 fully saturated rings. The van der Waals surface area contributed by atoms with E-state index in [9.17, 15) is 13.2 Å². The van der Waals surface area contributed by atoms with Gasteiger partial charge in [-0.3, -0.25) is 10.1 Å². The summed E-state index contributed by atoms with van der Waals surface area (Å²) in [6, 6.07) is 13.1. The Hall–Kier alpha value is -3.20. The summed E-state index contributed by atoms with van der Waals surface area (Å²) in [5.41, 5.74) is 1.23. The minimum atomic E-state index is -3.24. The summed E-state index contributed by atoms with van der Waals surface area (Å²) in [7, 11) is -3.24. The third-order valence-corrected chi connectivity index (χ3v) is 5.01. The number of hydrogen-bond acceptors (Lipinski definition) is 7. The van der Waals surface area contributed by atoms with Gasteiger partial charge in [0, 0.05) is 11.8 Å². The Kier molecular flexibility index (Phi) is 5.97. The summed E-state index contributed by atoms with van der Waals surface area (Å²) in [4.78, 5) is 12.6. The highest BCUT2D eigenvalue weighted by atomic mass is 32.2. The number of benzene rings is 2. The SMILES string of the molecule is CC(C)Oc1ccc(C(=O)Nc2nnc(Cc3ccc(S(C)(=O)=O)cc3)o2)cc1. The molecule has 9 heteroatoms. The van der Waals surface area contributed by atoms with Crippen LogP contribution in [0.2, 0.25) is 0 Å². The maximum atomic E-state index is 12.3. The highest BCUT2D eigenvalue weighted by molar-refractivity contribution is 7.90. The van der Waals surface area contributed by atoms with Crippen LogP contribution in [0.3, 0.4) is 0 Å². The van der Waals surface area contributed by atoms with Crippen molar-refractivity contribution in [1.29, 1.82) is 0 Å². The second kappa shape index (κ2) is 8.44. The molecule has 0 radical (unpaired) electrons. The Labute approximate surface area is 168 Å². The second-order valence-corrected chi connectivity index (χ2v) is 8.75. The van der Waals surface area contributed by atoms with Gasteiger partial charge >= 0.3 is 6.01 Å². The van der Waals surface area contributed by atoms with Gasteiger partial charge in [0.2, 0.25) is 5.89 Å².